The number of benzene rings is 1. The molecule has 1 aromatic carbocycles. The number of aryl methyl sites for hydroxylation is 1. The average molecular weight is 241 g/mol. The van der Waals surface area contributed by atoms with Crippen LogP contribution in [0.15, 0.2) is 18.2 Å². The number of rotatable bonds is 3. The third kappa shape index (κ3) is 1.81. The summed E-state index contributed by atoms with van der Waals surface area (Å²) in [6, 6.07) is 4.87. The molecule has 6 heteroatoms. The summed E-state index contributed by atoms with van der Waals surface area (Å²) in [6.45, 7) is 0.183. The fraction of sp³-hybridized carbons (Fsp3) is 0.200. The van der Waals surface area contributed by atoms with Crippen LogP contribution in [0.25, 0.3) is 10.9 Å². The summed E-state index contributed by atoms with van der Waals surface area (Å²) in [5, 5.41) is 23.0. The third-order valence-electron chi connectivity index (χ3n) is 2.22. The fourth-order valence-electron chi connectivity index (χ4n) is 1.48. The van der Waals surface area contributed by atoms with Gasteiger partial charge in [0.25, 0.3) is 0 Å². The standard InChI is InChI=1S/C10H9ClN2O3/c11-10-9-6(2-1-3-7(9)14)12-13(10)5-4-8(15)16/h1-3,14H,4-5H2,(H,15,16). The Labute approximate surface area is 95.9 Å². The average Bonchev–Trinajstić information content (AvgIpc) is 2.54. The number of aromatic nitrogens is 2. The number of aliphatic carboxylic acids is 1. The van der Waals surface area contributed by atoms with Gasteiger partial charge in [0.05, 0.1) is 23.9 Å². The molecule has 0 unspecified atom stereocenters. The number of carboxylic acids is 1. The van der Waals surface area contributed by atoms with Gasteiger partial charge < -0.3 is 10.2 Å². The van der Waals surface area contributed by atoms with Crippen molar-refractivity contribution < 1.29 is 15.0 Å². The molecule has 0 amide bonds. The molecule has 2 aromatic rings. The van der Waals surface area contributed by atoms with E-state index in [0.29, 0.717) is 10.9 Å². The van der Waals surface area contributed by atoms with Crippen LogP contribution in [-0.2, 0) is 11.3 Å². The topological polar surface area (TPSA) is 75.3 Å². The zero-order chi connectivity index (χ0) is 11.7. The summed E-state index contributed by atoms with van der Waals surface area (Å²) in [5.41, 5.74) is 0.551. The lowest BCUT2D eigenvalue weighted by Crippen LogP contribution is -2.05. The van der Waals surface area contributed by atoms with Gasteiger partial charge in [0.1, 0.15) is 10.9 Å². The van der Waals surface area contributed by atoms with Gasteiger partial charge in [0.15, 0.2) is 0 Å². The summed E-state index contributed by atoms with van der Waals surface area (Å²) < 4.78 is 1.38. The van der Waals surface area contributed by atoms with Crippen LogP contribution in [0.2, 0.25) is 5.15 Å². The smallest absolute Gasteiger partial charge is 0.305 e. The first-order chi connectivity index (χ1) is 7.59. The van der Waals surface area contributed by atoms with Gasteiger partial charge in [-0.15, -0.1) is 0 Å². The molecular weight excluding hydrogens is 232 g/mol. The number of aromatic hydroxyl groups is 1. The van der Waals surface area contributed by atoms with E-state index in [1.54, 1.807) is 12.1 Å². The van der Waals surface area contributed by atoms with Gasteiger partial charge in [-0.3, -0.25) is 9.48 Å². The lowest BCUT2D eigenvalue weighted by molar-refractivity contribution is -0.137. The van der Waals surface area contributed by atoms with E-state index in [4.69, 9.17) is 16.7 Å². The van der Waals surface area contributed by atoms with E-state index in [0.717, 1.165) is 0 Å². The van der Waals surface area contributed by atoms with Crippen molar-refractivity contribution in [2.24, 2.45) is 0 Å². The number of nitrogens with zero attached hydrogens (tertiary/aromatic N) is 2. The van der Waals surface area contributed by atoms with Crippen molar-refractivity contribution in [3.63, 3.8) is 0 Å². The van der Waals surface area contributed by atoms with Crippen LogP contribution in [0.4, 0.5) is 0 Å². The normalized spacial score (nSPS) is 10.8. The molecule has 0 bridgehead atoms. The van der Waals surface area contributed by atoms with Gasteiger partial charge >= 0.3 is 5.97 Å². The Morgan fingerprint density at radius 2 is 2.25 bits per heavy atom. The number of carbonyl (C=O) groups is 1. The minimum absolute atomic E-state index is 0.0454. The van der Waals surface area contributed by atoms with Gasteiger partial charge in [-0.05, 0) is 12.1 Å². The number of phenolic OH excluding ortho intramolecular Hbond substituents is 1. The van der Waals surface area contributed by atoms with Crippen molar-refractivity contribution in [2.75, 3.05) is 0 Å². The Hall–Kier alpha value is -1.75. The molecule has 2 rings (SSSR count). The van der Waals surface area contributed by atoms with Crippen LogP contribution in [0.1, 0.15) is 6.42 Å². The molecule has 16 heavy (non-hydrogen) atoms. The van der Waals surface area contributed by atoms with E-state index in [-0.39, 0.29) is 23.9 Å². The van der Waals surface area contributed by atoms with Crippen LogP contribution in [-0.4, -0.2) is 26.0 Å². The van der Waals surface area contributed by atoms with Crippen LogP contribution >= 0.6 is 11.6 Å². The second kappa shape index (κ2) is 4.02. The quantitative estimate of drug-likeness (QED) is 0.859. The Kier molecular flexibility index (Phi) is 2.70. The van der Waals surface area contributed by atoms with Gasteiger partial charge in [-0.2, -0.15) is 5.10 Å². The molecule has 0 aliphatic rings. The zero-order valence-electron chi connectivity index (χ0n) is 8.22. The van der Waals surface area contributed by atoms with Crippen molar-refractivity contribution >= 4 is 28.5 Å². The Bertz CT molecular complexity index is 550. The van der Waals surface area contributed by atoms with Gasteiger partial charge in [0, 0.05) is 0 Å². The number of fused-ring (bicyclic) bond motifs is 1. The number of phenols is 1. The molecule has 0 atom stereocenters. The second-order valence-electron chi connectivity index (χ2n) is 3.33. The highest BCUT2D eigenvalue weighted by Crippen LogP contribution is 2.30. The SMILES string of the molecule is O=C(O)CCn1nc2cccc(O)c2c1Cl. The molecule has 0 radical (unpaired) electrons. The van der Waals surface area contributed by atoms with Gasteiger partial charge in [-0.1, -0.05) is 17.7 Å². The third-order valence-corrected chi connectivity index (χ3v) is 2.60. The van der Waals surface area contributed by atoms with E-state index in [2.05, 4.69) is 5.10 Å². The first-order valence-corrected chi connectivity index (χ1v) is 5.03. The molecule has 0 aliphatic carbocycles. The van der Waals surface area contributed by atoms with Crippen molar-refractivity contribution in [3.8, 4) is 5.75 Å². The number of halogens is 1. The predicted octanol–water partition coefficient (Wildman–Crippen LogP) is 1.87. The highest BCUT2D eigenvalue weighted by Gasteiger charge is 2.12. The Balaban J connectivity index is 2.44. The van der Waals surface area contributed by atoms with Gasteiger partial charge in [-0.25, -0.2) is 0 Å². The number of hydrogen-bond donors (Lipinski definition) is 2. The van der Waals surface area contributed by atoms with Crippen molar-refractivity contribution in [1.29, 1.82) is 0 Å². The molecule has 84 valence electrons. The summed E-state index contributed by atoms with van der Waals surface area (Å²) in [5.74, 6) is -0.871. The Morgan fingerprint density at radius 3 is 2.88 bits per heavy atom. The maximum Gasteiger partial charge on any atom is 0.305 e. The minimum atomic E-state index is -0.917. The van der Waals surface area contributed by atoms with Crippen molar-refractivity contribution in [3.05, 3.63) is 23.4 Å². The van der Waals surface area contributed by atoms with E-state index in [1.807, 2.05) is 0 Å². The molecule has 0 saturated heterocycles. The summed E-state index contributed by atoms with van der Waals surface area (Å²) in [7, 11) is 0. The predicted molar refractivity (Wildman–Crippen MR) is 58.7 cm³/mol. The zero-order valence-corrected chi connectivity index (χ0v) is 8.98. The lowest BCUT2D eigenvalue weighted by Gasteiger charge is -1.99. The van der Waals surface area contributed by atoms with Crippen molar-refractivity contribution in [2.45, 2.75) is 13.0 Å². The monoisotopic (exact) mass is 240 g/mol. The lowest BCUT2D eigenvalue weighted by atomic mass is 10.2. The molecule has 1 heterocycles. The van der Waals surface area contributed by atoms with Crippen LogP contribution in [0, 0.1) is 0 Å². The molecule has 5 nitrogen and oxygen atoms in total. The van der Waals surface area contributed by atoms with Crippen molar-refractivity contribution in [1.82, 2.24) is 9.78 Å². The molecule has 0 saturated carbocycles. The molecule has 0 spiro atoms. The highest BCUT2D eigenvalue weighted by atomic mass is 35.5. The fourth-order valence-corrected chi connectivity index (χ4v) is 1.79. The van der Waals surface area contributed by atoms with E-state index < -0.39 is 5.97 Å². The van der Waals surface area contributed by atoms with E-state index >= 15 is 0 Å². The van der Waals surface area contributed by atoms with Crippen LogP contribution in [0.3, 0.4) is 0 Å². The maximum atomic E-state index is 10.4. The Morgan fingerprint density at radius 1 is 1.50 bits per heavy atom. The molecular formula is C10H9ClN2O3. The molecule has 0 aliphatic heterocycles. The molecule has 1 aromatic heterocycles. The van der Waals surface area contributed by atoms with E-state index in [9.17, 15) is 9.90 Å². The first-order valence-electron chi connectivity index (χ1n) is 4.65. The van der Waals surface area contributed by atoms with E-state index in [1.165, 1.54) is 10.7 Å². The van der Waals surface area contributed by atoms with Crippen LogP contribution < -0.4 is 0 Å². The summed E-state index contributed by atoms with van der Waals surface area (Å²) in [6.07, 6.45) is -0.0610. The minimum Gasteiger partial charge on any atom is -0.507 e. The highest BCUT2D eigenvalue weighted by molar-refractivity contribution is 6.35. The van der Waals surface area contributed by atoms with Crippen LogP contribution in [0.5, 0.6) is 5.75 Å². The maximum absolute atomic E-state index is 10.4. The number of carboxylic acid groups (broad SMARTS) is 1. The number of hydrogen-bond acceptors (Lipinski definition) is 3. The summed E-state index contributed by atoms with van der Waals surface area (Å²) in [4.78, 5) is 10.4. The molecule has 0 fully saturated rings. The largest absolute Gasteiger partial charge is 0.507 e. The molecule has 2 N–H and O–H groups in total. The second-order valence-corrected chi connectivity index (χ2v) is 3.69. The first kappa shape index (κ1) is 10.8. The summed E-state index contributed by atoms with van der Waals surface area (Å²) >= 11 is 5.99. The van der Waals surface area contributed by atoms with Gasteiger partial charge in [0.2, 0.25) is 0 Å².